The van der Waals surface area contributed by atoms with Crippen molar-refractivity contribution in [2.24, 2.45) is 5.73 Å². The highest BCUT2D eigenvalue weighted by Crippen LogP contribution is 2.26. The van der Waals surface area contributed by atoms with Gasteiger partial charge in [0.2, 0.25) is 0 Å². The molecule has 2 unspecified atom stereocenters. The van der Waals surface area contributed by atoms with Gasteiger partial charge in [-0.1, -0.05) is 18.2 Å². The zero-order valence-corrected chi connectivity index (χ0v) is 11.9. The lowest BCUT2D eigenvalue weighted by atomic mass is 9.99. The Morgan fingerprint density at radius 3 is 3.16 bits per heavy atom. The van der Waals surface area contributed by atoms with Crippen molar-refractivity contribution in [3.05, 3.63) is 42.1 Å². The Labute approximate surface area is 118 Å². The van der Waals surface area contributed by atoms with Crippen LogP contribution in [0.15, 0.2) is 36.5 Å². The summed E-state index contributed by atoms with van der Waals surface area (Å²) >= 11 is 2.00. The van der Waals surface area contributed by atoms with Crippen molar-refractivity contribution in [2.75, 3.05) is 25.1 Å². The highest BCUT2D eigenvalue weighted by atomic mass is 32.2. The van der Waals surface area contributed by atoms with E-state index in [2.05, 4.69) is 41.2 Å². The Morgan fingerprint density at radius 2 is 2.32 bits per heavy atom. The van der Waals surface area contributed by atoms with E-state index in [1.807, 2.05) is 24.0 Å². The molecule has 4 heteroatoms. The van der Waals surface area contributed by atoms with Gasteiger partial charge >= 0.3 is 0 Å². The van der Waals surface area contributed by atoms with E-state index in [0.717, 1.165) is 17.8 Å². The van der Waals surface area contributed by atoms with E-state index in [4.69, 9.17) is 5.73 Å². The minimum Gasteiger partial charge on any atom is -0.323 e. The highest BCUT2D eigenvalue weighted by Gasteiger charge is 2.26. The molecule has 0 amide bonds. The van der Waals surface area contributed by atoms with Gasteiger partial charge in [0, 0.05) is 41.7 Å². The molecule has 1 fully saturated rings. The summed E-state index contributed by atoms with van der Waals surface area (Å²) in [6.07, 6.45) is 1.83. The molecule has 2 heterocycles. The van der Waals surface area contributed by atoms with Crippen LogP contribution >= 0.6 is 11.8 Å². The van der Waals surface area contributed by atoms with Crippen molar-refractivity contribution in [3.8, 4) is 0 Å². The van der Waals surface area contributed by atoms with Crippen molar-refractivity contribution in [3.63, 3.8) is 0 Å². The summed E-state index contributed by atoms with van der Waals surface area (Å²) in [5.41, 5.74) is 8.68. The molecule has 19 heavy (non-hydrogen) atoms. The van der Waals surface area contributed by atoms with E-state index in [1.165, 1.54) is 16.7 Å². The second-order valence-corrected chi connectivity index (χ2v) is 6.25. The fourth-order valence-electron chi connectivity index (χ4n) is 2.60. The monoisotopic (exact) mass is 273 g/mol. The molecule has 1 aromatic heterocycles. The average molecular weight is 273 g/mol. The van der Waals surface area contributed by atoms with Gasteiger partial charge in [-0.15, -0.1) is 0 Å². The first-order valence-corrected chi connectivity index (χ1v) is 7.79. The lowest BCUT2D eigenvalue weighted by Crippen LogP contribution is -2.46. The van der Waals surface area contributed by atoms with Gasteiger partial charge in [-0.3, -0.25) is 9.88 Å². The number of nitrogens with two attached hydrogens (primary N) is 1. The average Bonchev–Trinajstić information content (AvgIpc) is 2.46. The normalized spacial score (nSPS) is 22.5. The molecule has 2 aromatic rings. The molecule has 1 aliphatic heterocycles. The molecule has 0 saturated carbocycles. The number of pyridine rings is 1. The molecule has 0 radical (unpaired) electrons. The van der Waals surface area contributed by atoms with Gasteiger partial charge in [0.05, 0.1) is 5.52 Å². The summed E-state index contributed by atoms with van der Waals surface area (Å²) in [5, 5.41) is 1.17. The summed E-state index contributed by atoms with van der Waals surface area (Å²) in [7, 11) is 2.17. The third kappa shape index (κ3) is 2.61. The number of rotatable bonds is 2. The molecule has 1 saturated heterocycles. The Morgan fingerprint density at radius 1 is 1.42 bits per heavy atom. The van der Waals surface area contributed by atoms with Crippen LogP contribution in [0, 0.1) is 0 Å². The zero-order chi connectivity index (χ0) is 13.2. The van der Waals surface area contributed by atoms with Crippen LogP contribution in [0.2, 0.25) is 0 Å². The number of fused-ring (bicyclic) bond motifs is 1. The molecule has 1 aromatic carbocycles. The summed E-state index contributed by atoms with van der Waals surface area (Å²) in [6, 6.07) is 10.9. The molecule has 3 nitrogen and oxygen atoms in total. The van der Waals surface area contributed by atoms with Gasteiger partial charge in [-0.05, 0) is 24.7 Å². The van der Waals surface area contributed by atoms with E-state index >= 15 is 0 Å². The van der Waals surface area contributed by atoms with Crippen molar-refractivity contribution in [1.82, 2.24) is 9.88 Å². The third-order valence-corrected chi connectivity index (χ3v) is 4.92. The van der Waals surface area contributed by atoms with Gasteiger partial charge in [-0.25, -0.2) is 0 Å². The molecule has 100 valence electrons. The molecule has 2 atom stereocenters. The number of thioether (sulfide) groups is 1. The molecule has 2 N–H and O–H groups in total. The van der Waals surface area contributed by atoms with Gasteiger partial charge in [0.25, 0.3) is 0 Å². The number of benzene rings is 1. The maximum atomic E-state index is 6.47. The smallest absolute Gasteiger partial charge is 0.0705 e. The Balaban J connectivity index is 1.90. The summed E-state index contributed by atoms with van der Waals surface area (Å²) in [6.45, 7) is 1.12. The minimum absolute atomic E-state index is 0.0595. The maximum absolute atomic E-state index is 6.47. The summed E-state index contributed by atoms with van der Waals surface area (Å²) < 4.78 is 0. The van der Waals surface area contributed by atoms with Crippen molar-refractivity contribution < 1.29 is 0 Å². The number of hydrogen-bond acceptors (Lipinski definition) is 4. The third-order valence-electron chi connectivity index (χ3n) is 3.87. The van der Waals surface area contributed by atoms with E-state index in [-0.39, 0.29) is 6.04 Å². The number of aromatic nitrogens is 1. The van der Waals surface area contributed by atoms with E-state index in [1.54, 1.807) is 0 Å². The van der Waals surface area contributed by atoms with Crippen LogP contribution in [-0.4, -0.2) is 41.0 Å². The lowest BCUT2D eigenvalue weighted by Gasteiger charge is -2.36. The largest absolute Gasteiger partial charge is 0.323 e. The molecular formula is C15H19N3S. The van der Waals surface area contributed by atoms with Crippen LogP contribution in [0.3, 0.4) is 0 Å². The molecule has 0 aliphatic carbocycles. The number of nitrogens with zero attached hydrogens (tertiary/aromatic N) is 2. The lowest BCUT2D eigenvalue weighted by molar-refractivity contribution is 0.237. The van der Waals surface area contributed by atoms with E-state index < -0.39 is 0 Å². The predicted octanol–water partition coefficient (Wildman–Crippen LogP) is 2.28. The van der Waals surface area contributed by atoms with Crippen molar-refractivity contribution in [1.29, 1.82) is 0 Å². The van der Waals surface area contributed by atoms with E-state index in [9.17, 15) is 0 Å². The van der Waals surface area contributed by atoms with Crippen LogP contribution in [0.1, 0.15) is 11.6 Å². The first-order valence-electron chi connectivity index (χ1n) is 6.64. The summed E-state index contributed by atoms with van der Waals surface area (Å²) in [5.74, 6) is 2.32. The van der Waals surface area contributed by atoms with Crippen LogP contribution in [0.25, 0.3) is 10.9 Å². The number of likely N-dealkylation sites (N-methyl/N-ethyl adjacent to an activating group) is 1. The van der Waals surface area contributed by atoms with Crippen molar-refractivity contribution >= 4 is 22.7 Å². The Bertz CT molecular complexity index is 572. The van der Waals surface area contributed by atoms with Crippen LogP contribution in [0.4, 0.5) is 0 Å². The highest BCUT2D eigenvalue weighted by molar-refractivity contribution is 7.99. The minimum atomic E-state index is 0.0595. The van der Waals surface area contributed by atoms with Crippen LogP contribution in [0.5, 0.6) is 0 Å². The Hall–Kier alpha value is -1.10. The second-order valence-electron chi connectivity index (χ2n) is 5.10. The van der Waals surface area contributed by atoms with Crippen molar-refractivity contribution in [2.45, 2.75) is 12.1 Å². The SMILES string of the molecule is CN1CCSCC1C(N)c1ccc2cccnc2c1. The summed E-state index contributed by atoms with van der Waals surface area (Å²) in [4.78, 5) is 6.79. The standard InChI is InChI=1S/C15H19N3S/c1-18-7-8-19-10-14(18)15(16)12-5-4-11-3-2-6-17-13(11)9-12/h2-6,9,14-15H,7-8,10,16H2,1H3. The second kappa shape index (κ2) is 5.49. The molecule has 0 bridgehead atoms. The fraction of sp³-hybridized carbons (Fsp3) is 0.400. The van der Waals surface area contributed by atoms with Gasteiger partial charge in [-0.2, -0.15) is 11.8 Å². The number of hydrogen-bond donors (Lipinski definition) is 1. The maximum Gasteiger partial charge on any atom is 0.0705 e. The first kappa shape index (κ1) is 12.9. The van der Waals surface area contributed by atoms with Gasteiger partial charge in [0.1, 0.15) is 0 Å². The topological polar surface area (TPSA) is 42.1 Å². The zero-order valence-electron chi connectivity index (χ0n) is 11.1. The molecule has 1 aliphatic rings. The van der Waals surface area contributed by atoms with Gasteiger partial charge in [0.15, 0.2) is 0 Å². The van der Waals surface area contributed by atoms with Gasteiger partial charge < -0.3 is 5.73 Å². The van der Waals surface area contributed by atoms with Crippen LogP contribution < -0.4 is 5.73 Å². The quantitative estimate of drug-likeness (QED) is 0.911. The first-order chi connectivity index (χ1) is 9.25. The molecular weight excluding hydrogens is 254 g/mol. The molecule has 0 spiro atoms. The predicted molar refractivity (Wildman–Crippen MR) is 82.4 cm³/mol. The fourth-order valence-corrected chi connectivity index (χ4v) is 3.88. The Kier molecular flexibility index (Phi) is 3.73. The van der Waals surface area contributed by atoms with Crippen LogP contribution in [-0.2, 0) is 0 Å². The van der Waals surface area contributed by atoms with E-state index in [0.29, 0.717) is 6.04 Å². The molecule has 3 rings (SSSR count).